The van der Waals surface area contributed by atoms with Gasteiger partial charge in [0.15, 0.2) is 0 Å². The van der Waals surface area contributed by atoms with Crippen LogP contribution in [-0.4, -0.2) is 58.3 Å². The van der Waals surface area contributed by atoms with Crippen LogP contribution in [0, 0.1) is 0 Å². The molecule has 5 nitrogen and oxygen atoms in total. The Hall–Kier alpha value is -0.300. The number of nitrogens with two attached hydrogens (primary N) is 1. The average Bonchev–Trinajstić information content (AvgIpc) is 2.75. The predicted octanol–water partition coefficient (Wildman–Crippen LogP) is -0.650. The molecular weight excluding hydrogens is 238 g/mol. The van der Waals surface area contributed by atoms with Crippen LogP contribution in [-0.2, 0) is 4.79 Å². The summed E-state index contributed by atoms with van der Waals surface area (Å²) in [5.41, 5.74) is 5.71. The van der Waals surface area contributed by atoms with Crippen LogP contribution in [0.3, 0.4) is 0 Å². The standard InChI is InChI=1S/C11H21N3O2S/c1-8(15)9(12)10(16)14-5-2-3-11(7-14)13-4-6-17-11/h8-9,13,15H,2-7,12H2,1H3. The van der Waals surface area contributed by atoms with E-state index in [-0.39, 0.29) is 10.8 Å². The number of carbonyl (C=O) groups excluding carboxylic acids is 1. The molecule has 98 valence electrons. The maximum Gasteiger partial charge on any atom is 0.242 e. The summed E-state index contributed by atoms with van der Waals surface area (Å²) in [6.07, 6.45) is 1.31. The topological polar surface area (TPSA) is 78.6 Å². The first-order chi connectivity index (χ1) is 8.04. The van der Waals surface area contributed by atoms with Gasteiger partial charge in [-0.15, -0.1) is 11.8 Å². The Labute approximate surface area is 106 Å². The van der Waals surface area contributed by atoms with Gasteiger partial charge in [0, 0.05) is 25.4 Å². The summed E-state index contributed by atoms with van der Waals surface area (Å²) < 4.78 is 0. The van der Waals surface area contributed by atoms with E-state index in [1.807, 2.05) is 11.8 Å². The molecule has 3 atom stereocenters. The second-order valence-corrected chi connectivity index (χ2v) is 6.38. The largest absolute Gasteiger partial charge is 0.391 e. The van der Waals surface area contributed by atoms with Gasteiger partial charge in [0.05, 0.1) is 11.0 Å². The smallest absolute Gasteiger partial charge is 0.242 e. The molecule has 0 aliphatic carbocycles. The van der Waals surface area contributed by atoms with E-state index >= 15 is 0 Å². The fraction of sp³-hybridized carbons (Fsp3) is 0.909. The van der Waals surface area contributed by atoms with E-state index in [0.717, 1.165) is 31.7 Å². The van der Waals surface area contributed by atoms with Gasteiger partial charge in [0.2, 0.25) is 5.91 Å². The minimum absolute atomic E-state index is 0.0341. The van der Waals surface area contributed by atoms with Crippen LogP contribution in [0.4, 0.5) is 0 Å². The number of rotatable bonds is 2. The number of amides is 1. The number of hydrogen-bond donors (Lipinski definition) is 3. The first-order valence-corrected chi connectivity index (χ1v) is 7.14. The summed E-state index contributed by atoms with van der Waals surface area (Å²) in [6.45, 7) is 4.03. The van der Waals surface area contributed by atoms with Gasteiger partial charge in [-0.1, -0.05) is 0 Å². The van der Waals surface area contributed by atoms with Gasteiger partial charge in [0.1, 0.15) is 6.04 Å². The van der Waals surface area contributed by atoms with E-state index in [1.54, 1.807) is 11.8 Å². The number of piperidine rings is 1. The molecule has 1 amide bonds. The molecule has 0 bridgehead atoms. The average molecular weight is 259 g/mol. The lowest BCUT2D eigenvalue weighted by molar-refractivity contribution is -0.136. The predicted molar refractivity (Wildman–Crippen MR) is 68.7 cm³/mol. The minimum atomic E-state index is -0.795. The molecule has 0 aromatic rings. The number of hydrogen-bond acceptors (Lipinski definition) is 5. The van der Waals surface area contributed by atoms with Crippen LogP contribution in [0.25, 0.3) is 0 Å². The van der Waals surface area contributed by atoms with Crippen molar-refractivity contribution in [2.45, 2.75) is 36.8 Å². The summed E-state index contributed by atoms with van der Waals surface area (Å²) in [5.74, 6) is 0.971. The molecule has 0 saturated carbocycles. The van der Waals surface area contributed by atoms with Gasteiger partial charge in [-0.25, -0.2) is 0 Å². The molecule has 4 N–H and O–H groups in total. The molecule has 1 spiro atoms. The molecule has 2 saturated heterocycles. The van der Waals surface area contributed by atoms with Gasteiger partial charge in [0.25, 0.3) is 0 Å². The maximum atomic E-state index is 12.1. The molecule has 3 unspecified atom stereocenters. The Morgan fingerprint density at radius 1 is 1.65 bits per heavy atom. The lowest BCUT2D eigenvalue weighted by Crippen LogP contribution is -2.58. The number of nitrogens with one attached hydrogen (secondary N) is 1. The van der Waals surface area contributed by atoms with Crippen molar-refractivity contribution in [1.29, 1.82) is 0 Å². The Kier molecular flexibility index (Phi) is 3.97. The van der Waals surface area contributed by atoms with Gasteiger partial charge in [-0.2, -0.15) is 0 Å². The number of nitrogens with zero attached hydrogens (tertiary/aromatic N) is 1. The van der Waals surface area contributed by atoms with Gasteiger partial charge >= 0.3 is 0 Å². The third-order valence-corrected chi connectivity index (χ3v) is 4.94. The monoisotopic (exact) mass is 259 g/mol. The van der Waals surface area contributed by atoms with Crippen LogP contribution < -0.4 is 11.1 Å². The highest BCUT2D eigenvalue weighted by molar-refractivity contribution is 8.00. The number of aliphatic hydroxyl groups excluding tert-OH is 1. The van der Waals surface area contributed by atoms with Crippen molar-refractivity contribution in [2.24, 2.45) is 5.73 Å². The van der Waals surface area contributed by atoms with Crippen LogP contribution in [0.2, 0.25) is 0 Å². The zero-order valence-electron chi connectivity index (χ0n) is 10.2. The van der Waals surface area contributed by atoms with Crippen LogP contribution in [0.5, 0.6) is 0 Å². The first kappa shape index (κ1) is 13.1. The summed E-state index contributed by atoms with van der Waals surface area (Å²) in [7, 11) is 0. The van der Waals surface area contributed by atoms with Crippen molar-refractivity contribution in [2.75, 3.05) is 25.4 Å². The highest BCUT2D eigenvalue weighted by Crippen LogP contribution is 2.35. The molecule has 2 rings (SSSR count). The Balaban J connectivity index is 1.99. The van der Waals surface area contributed by atoms with Crippen LogP contribution in [0.15, 0.2) is 0 Å². The quantitative estimate of drug-likeness (QED) is 0.614. The maximum absolute atomic E-state index is 12.1. The highest BCUT2D eigenvalue weighted by Gasteiger charge is 2.41. The van der Waals surface area contributed by atoms with E-state index in [1.165, 1.54) is 0 Å². The number of likely N-dealkylation sites (tertiary alicyclic amines) is 1. The molecule has 2 heterocycles. The number of carbonyl (C=O) groups is 1. The van der Waals surface area contributed by atoms with Crippen molar-refractivity contribution >= 4 is 17.7 Å². The minimum Gasteiger partial charge on any atom is -0.391 e. The zero-order valence-corrected chi connectivity index (χ0v) is 11.0. The number of aliphatic hydroxyl groups is 1. The molecule has 6 heteroatoms. The van der Waals surface area contributed by atoms with Gasteiger partial charge in [-0.05, 0) is 19.8 Å². The third kappa shape index (κ3) is 2.76. The summed E-state index contributed by atoms with van der Waals surface area (Å²) >= 11 is 1.90. The fourth-order valence-electron chi connectivity index (χ4n) is 2.47. The summed E-state index contributed by atoms with van der Waals surface area (Å²) in [5, 5.41) is 12.9. The van der Waals surface area contributed by atoms with Gasteiger partial charge < -0.3 is 21.1 Å². The van der Waals surface area contributed by atoms with E-state index in [0.29, 0.717) is 6.54 Å². The zero-order chi connectivity index (χ0) is 12.5. The van der Waals surface area contributed by atoms with Crippen LogP contribution in [0.1, 0.15) is 19.8 Å². The van der Waals surface area contributed by atoms with E-state index in [4.69, 9.17) is 5.73 Å². The van der Waals surface area contributed by atoms with Crippen molar-refractivity contribution in [1.82, 2.24) is 10.2 Å². The Morgan fingerprint density at radius 3 is 3.00 bits per heavy atom. The highest BCUT2D eigenvalue weighted by atomic mass is 32.2. The first-order valence-electron chi connectivity index (χ1n) is 6.15. The summed E-state index contributed by atoms with van der Waals surface area (Å²) in [6, 6.07) is -0.795. The Bertz CT molecular complexity index is 292. The lowest BCUT2D eigenvalue weighted by atomic mass is 10.0. The van der Waals surface area contributed by atoms with Crippen molar-refractivity contribution in [3.63, 3.8) is 0 Å². The molecule has 0 aromatic heterocycles. The molecule has 0 radical (unpaired) electrons. The second-order valence-electron chi connectivity index (χ2n) is 4.90. The number of thioether (sulfide) groups is 1. The molecular formula is C11H21N3O2S. The fourth-order valence-corrected chi connectivity index (χ4v) is 3.80. The molecule has 2 aliphatic heterocycles. The van der Waals surface area contributed by atoms with Gasteiger partial charge in [-0.3, -0.25) is 4.79 Å². The summed E-state index contributed by atoms with van der Waals surface area (Å²) in [4.78, 5) is 13.9. The lowest BCUT2D eigenvalue weighted by Gasteiger charge is -2.41. The molecule has 17 heavy (non-hydrogen) atoms. The van der Waals surface area contributed by atoms with Crippen LogP contribution >= 0.6 is 11.8 Å². The Morgan fingerprint density at radius 2 is 2.41 bits per heavy atom. The van der Waals surface area contributed by atoms with E-state index in [9.17, 15) is 9.90 Å². The normalized spacial score (nSPS) is 32.8. The third-order valence-electron chi connectivity index (χ3n) is 3.50. The van der Waals surface area contributed by atoms with E-state index in [2.05, 4.69) is 5.32 Å². The van der Waals surface area contributed by atoms with Crippen molar-refractivity contribution in [3.05, 3.63) is 0 Å². The molecule has 0 aromatic carbocycles. The molecule has 2 fully saturated rings. The molecule has 2 aliphatic rings. The van der Waals surface area contributed by atoms with Crippen molar-refractivity contribution in [3.8, 4) is 0 Å². The van der Waals surface area contributed by atoms with E-state index < -0.39 is 12.1 Å². The van der Waals surface area contributed by atoms with Crippen molar-refractivity contribution < 1.29 is 9.90 Å². The SMILES string of the molecule is CC(O)C(N)C(=O)N1CCCC2(C1)NCCS2. The second kappa shape index (κ2) is 5.14.